The molecule has 0 radical (unpaired) electrons. The van der Waals surface area contributed by atoms with Crippen LogP contribution in [0.3, 0.4) is 0 Å². The summed E-state index contributed by atoms with van der Waals surface area (Å²) in [6.07, 6.45) is 0.975. The molecule has 0 saturated carbocycles. The van der Waals surface area contributed by atoms with Crippen LogP contribution in [0.5, 0.6) is 0 Å². The van der Waals surface area contributed by atoms with E-state index in [1.807, 2.05) is 0 Å². The molecular weight excluding hydrogens is 209 g/mol. The van der Waals surface area contributed by atoms with Crippen LogP contribution in [0.15, 0.2) is 0 Å². The SMILES string of the molecule is CCCC(N)S(=O)(=O)[O][V]=[O]. The molecule has 0 bridgehead atoms. The van der Waals surface area contributed by atoms with E-state index in [2.05, 4.69) is 3.11 Å². The van der Waals surface area contributed by atoms with Crippen LogP contribution >= 0.6 is 0 Å². The van der Waals surface area contributed by atoms with Crippen molar-refractivity contribution in [3.63, 3.8) is 0 Å². The molecule has 0 rings (SSSR count). The third-order valence-electron chi connectivity index (χ3n) is 1.08. The molecule has 0 spiro atoms. The second-order valence-electron chi connectivity index (χ2n) is 1.97. The Bertz CT molecular complexity index is 214. The van der Waals surface area contributed by atoms with Gasteiger partial charge in [0.1, 0.15) is 0 Å². The van der Waals surface area contributed by atoms with Crippen molar-refractivity contribution in [2.75, 3.05) is 0 Å². The average molecular weight is 219 g/mol. The predicted molar refractivity (Wildman–Crippen MR) is 33.6 cm³/mol. The molecule has 0 saturated heterocycles. The first-order valence-corrected chi connectivity index (χ1v) is 5.66. The molecule has 11 heavy (non-hydrogen) atoms. The fourth-order valence-corrected chi connectivity index (χ4v) is 2.16. The Balaban J connectivity index is 4.18. The third-order valence-corrected chi connectivity index (χ3v) is 3.58. The molecule has 1 atom stereocenters. The van der Waals surface area contributed by atoms with Gasteiger partial charge in [0.15, 0.2) is 0 Å². The summed E-state index contributed by atoms with van der Waals surface area (Å²) in [7, 11) is -3.77. The zero-order valence-corrected chi connectivity index (χ0v) is 8.27. The molecule has 0 aliphatic carbocycles. The summed E-state index contributed by atoms with van der Waals surface area (Å²) in [5.74, 6) is 0. The van der Waals surface area contributed by atoms with Crippen molar-refractivity contribution < 1.29 is 31.8 Å². The topological polar surface area (TPSA) is 86.5 Å². The first-order valence-electron chi connectivity index (χ1n) is 3.05. The molecule has 7 heteroatoms. The third kappa shape index (κ3) is 3.98. The maximum atomic E-state index is 10.8. The van der Waals surface area contributed by atoms with E-state index < -0.39 is 32.1 Å². The zero-order valence-electron chi connectivity index (χ0n) is 6.06. The van der Waals surface area contributed by atoms with Gasteiger partial charge in [-0.3, -0.25) is 0 Å². The van der Waals surface area contributed by atoms with Crippen molar-refractivity contribution >= 4 is 10.1 Å². The van der Waals surface area contributed by atoms with Crippen LogP contribution in [-0.2, 0) is 33.5 Å². The molecule has 2 N–H and O–H groups in total. The van der Waals surface area contributed by atoms with Crippen molar-refractivity contribution in [1.29, 1.82) is 0 Å². The van der Waals surface area contributed by atoms with Gasteiger partial charge >= 0.3 is 72.8 Å². The summed E-state index contributed by atoms with van der Waals surface area (Å²) in [5.41, 5.74) is 5.21. The number of rotatable bonds is 5. The molecule has 0 aromatic heterocycles. The van der Waals surface area contributed by atoms with Gasteiger partial charge in [0.2, 0.25) is 0 Å². The van der Waals surface area contributed by atoms with Gasteiger partial charge in [-0.1, -0.05) is 0 Å². The Morgan fingerprint density at radius 2 is 2.18 bits per heavy atom. The van der Waals surface area contributed by atoms with E-state index in [-0.39, 0.29) is 0 Å². The van der Waals surface area contributed by atoms with Gasteiger partial charge in [0.05, 0.1) is 0 Å². The molecule has 0 aliphatic rings. The van der Waals surface area contributed by atoms with Gasteiger partial charge < -0.3 is 0 Å². The zero-order chi connectivity index (χ0) is 8.91. The standard InChI is InChI=1S/C4H11NO3S.O.V/c1-2-3-4(5)9(6,7)8;;/h4H,2-3,5H2,1H3,(H,6,7,8);;/q;;+1/p-1. The van der Waals surface area contributed by atoms with E-state index >= 15 is 0 Å². The molecule has 5 nitrogen and oxygen atoms in total. The first-order chi connectivity index (χ1) is 5.04. The summed E-state index contributed by atoms with van der Waals surface area (Å²) in [6, 6.07) is 0. The van der Waals surface area contributed by atoms with Gasteiger partial charge in [-0.15, -0.1) is 0 Å². The van der Waals surface area contributed by atoms with Crippen molar-refractivity contribution in [3.05, 3.63) is 0 Å². The Hall–Kier alpha value is 0.254. The summed E-state index contributed by atoms with van der Waals surface area (Å²) in [5, 5.41) is -1.04. The van der Waals surface area contributed by atoms with Gasteiger partial charge in [0.25, 0.3) is 0 Å². The molecule has 0 heterocycles. The monoisotopic (exact) mass is 219 g/mol. The molecule has 66 valence electrons. The second-order valence-corrected chi connectivity index (χ2v) is 4.64. The summed E-state index contributed by atoms with van der Waals surface area (Å²) < 4.78 is 35.5. The number of nitrogens with two attached hydrogens (primary N) is 1. The fraction of sp³-hybridized carbons (Fsp3) is 1.00. The average Bonchev–Trinajstić information content (AvgIpc) is 1.88. The molecular formula is C4H10NO4SV. The van der Waals surface area contributed by atoms with E-state index in [4.69, 9.17) is 5.73 Å². The fourth-order valence-electron chi connectivity index (χ4n) is 0.527. The summed E-state index contributed by atoms with van der Waals surface area (Å²) in [6.45, 7) is 1.81. The summed E-state index contributed by atoms with van der Waals surface area (Å²) >= 11 is -1.82. The van der Waals surface area contributed by atoms with E-state index in [0.29, 0.717) is 12.8 Å². The minimum atomic E-state index is -3.77. The Labute approximate surface area is 73.1 Å². The second kappa shape index (κ2) is 5.00. The molecule has 0 aliphatic heterocycles. The van der Waals surface area contributed by atoms with Gasteiger partial charge in [-0.25, -0.2) is 0 Å². The quantitative estimate of drug-likeness (QED) is 0.689. The van der Waals surface area contributed by atoms with Crippen molar-refractivity contribution in [2.24, 2.45) is 5.73 Å². The molecule has 0 aromatic rings. The molecule has 0 amide bonds. The first kappa shape index (κ1) is 11.3. The maximum absolute atomic E-state index is 10.8. The van der Waals surface area contributed by atoms with Crippen LogP contribution in [-0.4, -0.2) is 13.8 Å². The predicted octanol–water partition coefficient (Wildman–Crippen LogP) is -0.239. The normalized spacial score (nSPS) is 14.4. The van der Waals surface area contributed by atoms with E-state index in [0.717, 1.165) is 0 Å². The van der Waals surface area contributed by atoms with Crippen LogP contribution in [0.4, 0.5) is 0 Å². The van der Waals surface area contributed by atoms with E-state index in [1.54, 1.807) is 6.92 Å². The van der Waals surface area contributed by atoms with Crippen LogP contribution in [0.2, 0.25) is 0 Å². The van der Waals surface area contributed by atoms with Crippen LogP contribution in [0.1, 0.15) is 19.8 Å². The van der Waals surface area contributed by atoms with Crippen LogP contribution < -0.4 is 5.73 Å². The van der Waals surface area contributed by atoms with Crippen LogP contribution in [0.25, 0.3) is 0 Å². The number of hydrogen-bond acceptors (Lipinski definition) is 5. The van der Waals surface area contributed by atoms with Crippen molar-refractivity contribution in [2.45, 2.75) is 25.1 Å². The van der Waals surface area contributed by atoms with Crippen molar-refractivity contribution in [1.82, 2.24) is 0 Å². The minimum absolute atomic E-state index is 0.323. The van der Waals surface area contributed by atoms with E-state index in [1.165, 1.54) is 0 Å². The van der Waals surface area contributed by atoms with Gasteiger partial charge in [0, 0.05) is 0 Å². The Morgan fingerprint density at radius 1 is 1.64 bits per heavy atom. The molecule has 0 fully saturated rings. The van der Waals surface area contributed by atoms with E-state index in [9.17, 15) is 12.1 Å². The van der Waals surface area contributed by atoms with Gasteiger partial charge in [-0.2, -0.15) is 0 Å². The van der Waals surface area contributed by atoms with Gasteiger partial charge in [-0.05, 0) is 0 Å². The summed E-state index contributed by atoms with van der Waals surface area (Å²) in [4.78, 5) is 0. The van der Waals surface area contributed by atoms with Crippen molar-refractivity contribution in [3.8, 4) is 0 Å². The van der Waals surface area contributed by atoms with Crippen LogP contribution in [0, 0.1) is 0 Å². The Morgan fingerprint density at radius 3 is 2.55 bits per heavy atom. The Kier molecular flexibility index (Phi) is 5.11. The molecule has 1 unspecified atom stereocenters. The molecule has 0 aromatic carbocycles. The number of hydrogen-bond donors (Lipinski definition) is 1.